The van der Waals surface area contributed by atoms with Gasteiger partial charge in [0.05, 0.1) is 11.8 Å². The van der Waals surface area contributed by atoms with Crippen molar-refractivity contribution in [1.29, 1.82) is 0 Å². The molecule has 1 aliphatic heterocycles. The molecule has 0 aliphatic carbocycles. The Morgan fingerprint density at radius 1 is 1.53 bits per heavy atom. The summed E-state index contributed by atoms with van der Waals surface area (Å²) in [4.78, 5) is 1.90. The molecule has 0 aromatic carbocycles. The molecule has 0 saturated carbocycles. The van der Waals surface area contributed by atoms with E-state index in [1.807, 2.05) is 11.0 Å². The molecule has 1 aromatic rings. The first-order valence-electron chi connectivity index (χ1n) is 5.95. The first-order chi connectivity index (χ1) is 7.86. The van der Waals surface area contributed by atoms with E-state index in [-0.39, 0.29) is 5.41 Å². The zero-order chi connectivity index (χ0) is 12.6. The average Bonchev–Trinajstić information content (AvgIpc) is 2.75. The molecule has 1 aliphatic rings. The van der Waals surface area contributed by atoms with Gasteiger partial charge in [-0.1, -0.05) is 20.8 Å². The van der Waals surface area contributed by atoms with E-state index in [9.17, 15) is 9.50 Å². The van der Waals surface area contributed by atoms with E-state index in [4.69, 9.17) is 0 Å². The van der Waals surface area contributed by atoms with Crippen molar-refractivity contribution in [2.24, 2.45) is 0 Å². The summed E-state index contributed by atoms with van der Waals surface area (Å²) in [7, 11) is 0. The van der Waals surface area contributed by atoms with Crippen LogP contribution in [0.25, 0.3) is 0 Å². The second kappa shape index (κ2) is 4.38. The molecule has 5 heteroatoms. The third-order valence-electron chi connectivity index (χ3n) is 3.09. The number of rotatable bonds is 2. The molecule has 2 rings (SSSR count). The fourth-order valence-corrected chi connectivity index (χ4v) is 2.02. The van der Waals surface area contributed by atoms with Crippen LogP contribution in [0.1, 0.15) is 32.2 Å². The normalized spacial score (nSPS) is 26.6. The van der Waals surface area contributed by atoms with Crippen LogP contribution in [0, 0.1) is 0 Å². The predicted molar refractivity (Wildman–Crippen MR) is 63.5 cm³/mol. The highest BCUT2D eigenvalue weighted by Crippen LogP contribution is 2.22. The van der Waals surface area contributed by atoms with Gasteiger partial charge in [-0.25, -0.2) is 4.39 Å². The van der Waals surface area contributed by atoms with E-state index in [1.54, 1.807) is 0 Å². The average molecular weight is 241 g/mol. The van der Waals surface area contributed by atoms with E-state index in [0.717, 1.165) is 11.4 Å². The minimum Gasteiger partial charge on any atom is -0.389 e. The van der Waals surface area contributed by atoms with E-state index in [1.165, 1.54) is 0 Å². The van der Waals surface area contributed by atoms with Crippen molar-refractivity contribution < 1.29 is 9.50 Å². The SMILES string of the molecule is CC(C)(C)c1cc(CN2C[C@H](O)[C@@H](F)C2)[nH]n1. The number of aliphatic hydroxyl groups excluding tert-OH is 1. The fraction of sp³-hybridized carbons (Fsp3) is 0.750. The van der Waals surface area contributed by atoms with Gasteiger partial charge in [-0.05, 0) is 6.07 Å². The molecule has 17 heavy (non-hydrogen) atoms. The Morgan fingerprint density at radius 3 is 2.71 bits per heavy atom. The lowest BCUT2D eigenvalue weighted by atomic mass is 9.92. The molecule has 96 valence electrons. The van der Waals surface area contributed by atoms with Gasteiger partial charge in [-0.3, -0.25) is 10.00 Å². The smallest absolute Gasteiger partial charge is 0.140 e. The molecule has 1 saturated heterocycles. The van der Waals surface area contributed by atoms with Crippen LogP contribution in [0.15, 0.2) is 6.07 Å². The molecule has 2 N–H and O–H groups in total. The maximum atomic E-state index is 13.1. The van der Waals surface area contributed by atoms with E-state index < -0.39 is 12.3 Å². The Labute approximate surface area is 101 Å². The van der Waals surface area contributed by atoms with Crippen LogP contribution in [0.5, 0.6) is 0 Å². The Morgan fingerprint density at radius 2 is 2.24 bits per heavy atom. The molecule has 0 unspecified atom stereocenters. The maximum Gasteiger partial charge on any atom is 0.140 e. The first kappa shape index (κ1) is 12.5. The summed E-state index contributed by atoms with van der Waals surface area (Å²) < 4.78 is 13.1. The van der Waals surface area contributed by atoms with Crippen molar-refractivity contribution in [2.45, 2.75) is 45.0 Å². The fourth-order valence-electron chi connectivity index (χ4n) is 2.02. The highest BCUT2D eigenvalue weighted by molar-refractivity contribution is 5.16. The largest absolute Gasteiger partial charge is 0.389 e. The van der Waals surface area contributed by atoms with Gasteiger partial charge in [-0.2, -0.15) is 5.10 Å². The molecule has 0 radical (unpaired) electrons. The molecule has 0 bridgehead atoms. The van der Waals surface area contributed by atoms with Crippen LogP contribution < -0.4 is 0 Å². The number of nitrogens with one attached hydrogen (secondary N) is 1. The number of aromatic nitrogens is 2. The third kappa shape index (κ3) is 2.84. The van der Waals surface area contributed by atoms with E-state index >= 15 is 0 Å². The second-order valence-corrected chi connectivity index (χ2v) is 5.81. The summed E-state index contributed by atoms with van der Waals surface area (Å²) in [5.74, 6) is 0. The molecule has 2 atom stereocenters. The monoisotopic (exact) mass is 241 g/mol. The lowest BCUT2D eigenvalue weighted by Crippen LogP contribution is -2.21. The topological polar surface area (TPSA) is 52.1 Å². The van der Waals surface area contributed by atoms with Gasteiger partial charge in [-0.15, -0.1) is 0 Å². The van der Waals surface area contributed by atoms with Crippen LogP contribution in [0.2, 0.25) is 0 Å². The summed E-state index contributed by atoms with van der Waals surface area (Å²) in [5, 5.41) is 16.6. The van der Waals surface area contributed by atoms with Gasteiger partial charge in [0.25, 0.3) is 0 Å². The number of alkyl halides is 1. The maximum absolute atomic E-state index is 13.1. The number of halogens is 1. The van der Waals surface area contributed by atoms with Crippen LogP contribution in [-0.4, -0.2) is 45.6 Å². The second-order valence-electron chi connectivity index (χ2n) is 5.81. The number of hydrogen-bond acceptors (Lipinski definition) is 3. The van der Waals surface area contributed by atoms with Gasteiger partial charge in [0.15, 0.2) is 0 Å². The van der Waals surface area contributed by atoms with Crippen LogP contribution in [-0.2, 0) is 12.0 Å². The van der Waals surface area contributed by atoms with Gasteiger partial charge in [0.1, 0.15) is 6.17 Å². The van der Waals surface area contributed by atoms with E-state index in [2.05, 4.69) is 31.0 Å². The minimum absolute atomic E-state index is 0.0158. The van der Waals surface area contributed by atoms with Gasteiger partial charge in [0, 0.05) is 30.7 Å². The number of aromatic amines is 1. The van der Waals surface area contributed by atoms with Crippen molar-refractivity contribution in [3.8, 4) is 0 Å². The van der Waals surface area contributed by atoms with E-state index in [0.29, 0.717) is 19.6 Å². The van der Waals surface area contributed by atoms with Crippen LogP contribution >= 0.6 is 0 Å². The zero-order valence-corrected chi connectivity index (χ0v) is 10.6. The first-order valence-corrected chi connectivity index (χ1v) is 5.95. The lowest BCUT2D eigenvalue weighted by Gasteiger charge is -2.14. The Hall–Kier alpha value is -0.940. The summed E-state index contributed by atoms with van der Waals surface area (Å²) in [5.41, 5.74) is 1.99. The van der Waals surface area contributed by atoms with Crippen molar-refractivity contribution in [1.82, 2.24) is 15.1 Å². The highest BCUT2D eigenvalue weighted by Gasteiger charge is 2.31. The molecule has 0 amide bonds. The van der Waals surface area contributed by atoms with Crippen LogP contribution in [0.4, 0.5) is 4.39 Å². The molecule has 1 aromatic heterocycles. The number of hydrogen-bond donors (Lipinski definition) is 2. The van der Waals surface area contributed by atoms with Gasteiger partial charge >= 0.3 is 0 Å². The molecule has 0 spiro atoms. The minimum atomic E-state index is -1.12. The van der Waals surface area contributed by atoms with Gasteiger partial charge < -0.3 is 5.11 Å². The van der Waals surface area contributed by atoms with Crippen molar-refractivity contribution >= 4 is 0 Å². The van der Waals surface area contributed by atoms with Crippen LogP contribution in [0.3, 0.4) is 0 Å². The molecule has 4 nitrogen and oxygen atoms in total. The standard InChI is InChI=1S/C12H20FN3O/c1-12(2,3)11-4-8(14-15-11)5-16-6-9(13)10(17)7-16/h4,9-10,17H,5-7H2,1-3H3,(H,14,15)/t9-,10-/m0/s1. The third-order valence-corrected chi connectivity index (χ3v) is 3.09. The summed E-state index contributed by atoms with van der Waals surface area (Å²) in [6.07, 6.45) is -1.97. The summed E-state index contributed by atoms with van der Waals surface area (Å²) >= 11 is 0. The highest BCUT2D eigenvalue weighted by atomic mass is 19.1. The Balaban J connectivity index is 1.98. The molecule has 1 fully saturated rings. The number of aliphatic hydroxyl groups is 1. The molecular weight excluding hydrogens is 221 g/mol. The number of β-amino-alcohol motifs (C(OH)–C–C–N with tert-alkyl or cyclic N) is 1. The van der Waals surface area contributed by atoms with Gasteiger partial charge in [0.2, 0.25) is 0 Å². The number of nitrogens with zero attached hydrogens (tertiary/aromatic N) is 2. The number of H-pyrrole nitrogens is 1. The Bertz CT molecular complexity index is 375. The predicted octanol–water partition coefficient (Wildman–Crippen LogP) is 1.22. The van der Waals surface area contributed by atoms with Crippen molar-refractivity contribution in [3.05, 3.63) is 17.5 Å². The quantitative estimate of drug-likeness (QED) is 0.818. The zero-order valence-electron chi connectivity index (χ0n) is 10.6. The van der Waals surface area contributed by atoms with Crippen molar-refractivity contribution in [2.75, 3.05) is 13.1 Å². The Kier molecular flexibility index (Phi) is 3.23. The number of likely N-dealkylation sites (tertiary alicyclic amines) is 1. The lowest BCUT2D eigenvalue weighted by molar-refractivity contribution is 0.115. The molecular formula is C12H20FN3O. The summed E-state index contributed by atoms with van der Waals surface area (Å²) in [6, 6.07) is 2.01. The molecule has 2 heterocycles. The van der Waals surface area contributed by atoms with Crippen molar-refractivity contribution in [3.63, 3.8) is 0 Å². The summed E-state index contributed by atoms with van der Waals surface area (Å²) in [6.45, 7) is 7.61.